The van der Waals surface area contributed by atoms with Crippen LogP contribution in [-0.4, -0.2) is 15.0 Å². The molecule has 4 aromatic heterocycles. The van der Waals surface area contributed by atoms with E-state index in [0.717, 1.165) is 38.7 Å². The fourth-order valence-corrected chi connectivity index (χ4v) is 6.23. The minimum Gasteiger partial charge on any atom is -0.486 e. The Balaban J connectivity index is 0.000000336. The van der Waals surface area contributed by atoms with Gasteiger partial charge in [-0.25, -0.2) is 4.98 Å². The maximum Gasteiger partial charge on any atom is 0.216 e. The number of rotatable bonds is 8. The van der Waals surface area contributed by atoms with Crippen LogP contribution in [-0.2, 0) is 20.1 Å². The second-order valence-corrected chi connectivity index (χ2v) is 12.6. The number of pyridine rings is 3. The summed E-state index contributed by atoms with van der Waals surface area (Å²) in [6.07, 6.45) is 3.66. The topological polar surface area (TPSA) is 51.8 Å². The van der Waals surface area contributed by atoms with Crippen molar-refractivity contribution in [1.82, 2.24) is 15.0 Å². The first-order valence-corrected chi connectivity index (χ1v) is 16.9. The van der Waals surface area contributed by atoms with Gasteiger partial charge in [0.1, 0.15) is 0 Å². The molecule has 0 saturated carbocycles. The van der Waals surface area contributed by atoms with Crippen LogP contribution in [0, 0.1) is 25.8 Å². The molecule has 0 bridgehead atoms. The molecule has 0 saturated heterocycles. The number of hydrogen-bond acceptors (Lipinski definition) is 4. The molecule has 0 amide bonds. The van der Waals surface area contributed by atoms with Crippen LogP contribution in [0.5, 0.6) is 0 Å². The van der Waals surface area contributed by atoms with E-state index in [1.807, 2.05) is 96.1 Å². The molecule has 0 aliphatic heterocycles. The Labute approximate surface area is 329 Å². The number of hydrogen-bond donors (Lipinski definition) is 0. The average molecular weight is 859 g/mol. The Hall–Kier alpha value is -4.44. The van der Waals surface area contributed by atoms with Crippen LogP contribution in [0.25, 0.3) is 55.8 Å². The zero-order valence-electron chi connectivity index (χ0n) is 38.7. The minimum absolute atomic E-state index is 0. The van der Waals surface area contributed by atoms with Crippen LogP contribution in [0.15, 0.2) is 102 Å². The van der Waals surface area contributed by atoms with E-state index in [2.05, 4.69) is 22.1 Å². The fraction of sp³-hybridized carbons (Fsp3) is 0.283. The van der Waals surface area contributed by atoms with Crippen molar-refractivity contribution in [1.29, 1.82) is 0 Å². The van der Waals surface area contributed by atoms with Gasteiger partial charge in [0.15, 0.2) is 0 Å². The molecule has 0 aliphatic rings. The van der Waals surface area contributed by atoms with Gasteiger partial charge in [0.25, 0.3) is 0 Å². The van der Waals surface area contributed by atoms with Gasteiger partial charge in [0.05, 0.1) is 11.3 Å². The van der Waals surface area contributed by atoms with Crippen molar-refractivity contribution in [2.45, 2.75) is 85.8 Å². The van der Waals surface area contributed by atoms with Gasteiger partial charge in [-0.3, -0.25) is 0 Å². The smallest absolute Gasteiger partial charge is 0.216 e. The number of furan rings is 1. The first kappa shape index (κ1) is 27.2. The number of nitrogens with zero attached hydrogens (tertiary/aromatic N) is 3. The van der Waals surface area contributed by atoms with Gasteiger partial charge in [-0.1, -0.05) is 88.9 Å². The van der Waals surface area contributed by atoms with Crippen LogP contribution in [0.3, 0.4) is 0 Å². The van der Waals surface area contributed by atoms with Crippen molar-refractivity contribution in [3.63, 3.8) is 0 Å². The van der Waals surface area contributed by atoms with Gasteiger partial charge in [-0.2, -0.15) is 0 Å². The normalized spacial score (nSPS) is 15.0. The summed E-state index contributed by atoms with van der Waals surface area (Å²) in [4.78, 5) is 13.6. The second-order valence-electron chi connectivity index (χ2n) is 12.6. The van der Waals surface area contributed by atoms with Crippen LogP contribution >= 0.6 is 0 Å². The molecule has 0 spiro atoms. The van der Waals surface area contributed by atoms with Crippen molar-refractivity contribution in [2.24, 2.45) is 0 Å². The predicted molar refractivity (Wildman–Crippen MR) is 209 cm³/mol. The Kier molecular flexibility index (Phi) is 8.93. The van der Waals surface area contributed by atoms with E-state index in [4.69, 9.17) is 21.7 Å². The maximum atomic E-state index is 9.07. The summed E-state index contributed by atoms with van der Waals surface area (Å²) < 4.78 is 79.0. The van der Waals surface area contributed by atoms with Crippen LogP contribution in [0.4, 0.5) is 0 Å². The molecule has 263 valence electrons. The second kappa shape index (κ2) is 16.7. The predicted octanol–water partition coefficient (Wildman–Crippen LogP) is 12.8. The molecule has 0 fully saturated rings. The molecule has 7 rings (SSSR count). The molecule has 0 unspecified atom stereocenters. The van der Waals surface area contributed by atoms with Gasteiger partial charge in [0.2, 0.25) is 5.71 Å². The van der Waals surface area contributed by atoms with Crippen LogP contribution in [0.2, 0.25) is 0 Å². The van der Waals surface area contributed by atoms with Crippen molar-refractivity contribution in [2.75, 3.05) is 0 Å². The molecule has 0 aliphatic carbocycles. The summed E-state index contributed by atoms with van der Waals surface area (Å²) in [7, 11) is 0. The standard InChI is InChI=1S/C34H37N2O.C12H10N.Ir/c1-8-23(9-2)29-18-31(35-19-22(29)7)28-15-11-14-26-27-16-17-30(36-34(27)37-33(26)28)32-24(20(3)4)12-10-13-25(32)21(5)6;1-10-7-8-12(13-9-10)11-5-3-2-4-6-11;/h10-14,16-21,23H,8-9H2,1-7H3;2-5,7-9H,1H3;/q2*-1;/i7D3,20D,21D,23D;1D3;. The molecule has 51 heavy (non-hydrogen) atoms. The summed E-state index contributed by atoms with van der Waals surface area (Å²) in [6, 6.07) is 32.0. The third kappa shape index (κ3) is 8.06. The molecule has 0 atom stereocenters. The van der Waals surface area contributed by atoms with Gasteiger partial charge >= 0.3 is 0 Å². The van der Waals surface area contributed by atoms with E-state index in [9.17, 15) is 0 Å². The quantitative estimate of drug-likeness (QED) is 0.143. The first-order chi connectivity index (χ1) is 27.6. The number of benzene rings is 3. The van der Waals surface area contributed by atoms with E-state index in [1.54, 1.807) is 30.3 Å². The van der Waals surface area contributed by atoms with Gasteiger partial charge in [0, 0.05) is 55.8 Å². The summed E-state index contributed by atoms with van der Waals surface area (Å²) >= 11 is 0. The zero-order chi connectivity index (χ0) is 43.1. The SMILES string of the molecule is [2H]C([2H])([2H])c1ccc(-c2[c-]cccc2)nc1.[2H]C([2H])([2H])c1cnc(-c2[c-]ccc3c2oc2nc(-c4c(C([2H])(C)C)cccc4C([2H])(C)C)ccc23)cc1C([2H])(CC)CC.[Ir]. The Morgan fingerprint density at radius 2 is 1.47 bits per heavy atom. The monoisotopic (exact) mass is 859 g/mol. The summed E-state index contributed by atoms with van der Waals surface area (Å²) in [6.45, 7) is 6.61. The van der Waals surface area contributed by atoms with Gasteiger partial charge in [-0.15, -0.1) is 54.1 Å². The maximum absolute atomic E-state index is 9.07. The largest absolute Gasteiger partial charge is 0.486 e. The van der Waals surface area contributed by atoms with E-state index in [-0.39, 0.29) is 31.2 Å². The zero-order valence-corrected chi connectivity index (χ0v) is 32.1. The van der Waals surface area contributed by atoms with E-state index in [0.29, 0.717) is 46.7 Å². The van der Waals surface area contributed by atoms with Crippen LogP contribution < -0.4 is 0 Å². The summed E-state index contributed by atoms with van der Waals surface area (Å²) in [5.41, 5.74) is 7.25. The van der Waals surface area contributed by atoms with Gasteiger partial charge < -0.3 is 14.4 Å². The molecule has 5 heteroatoms. The third-order valence-corrected chi connectivity index (χ3v) is 8.84. The van der Waals surface area contributed by atoms with E-state index in [1.165, 1.54) is 12.4 Å². The molecule has 1 radical (unpaired) electrons. The molecular weight excluding hydrogens is 803 g/mol. The minimum atomic E-state index is -2.40. The molecule has 0 N–H and O–H groups in total. The number of aryl methyl sites for hydroxylation is 2. The summed E-state index contributed by atoms with van der Waals surface area (Å²) in [5, 5.41) is 1.60. The molecular formula is C46H47IrN3O-2. The first-order valence-electron chi connectivity index (χ1n) is 21.4. The Morgan fingerprint density at radius 1 is 0.725 bits per heavy atom. The third-order valence-electron chi connectivity index (χ3n) is 8.84. The van der Waals surface area contributed by atoms with Crippen molar-refractivity contribution < 1.29 is 36.9 Å². The Morgan fingerprint density at radius 3 is 2.10 bits per heavy atom. The fourth-order valence-electron chi connectivity index (χ4n) is 6.23. The van der Waals surface area contributed by atoms with E-state index >= 15 is 0 Å². The Bertz CT molecular complexity index is 2550. The molecule has 7 aromatic rings. The average Bonchev–Trinajstić information content (AvgIpc) is 3.57. The molecule has 4 nitrogen and oxygen atoms in total. The number of fused-ring (bicyclic) bond motifs is 3. The van der Waals surface area contributed by atoms with Crippen molar-refractivity contribution >= 4 is 22.1 Å². The molecule has 3 aromatic carbocycles. The van der Waals surface area contributed by atoms with Crippen LogP contribution in [0.1, 0.15) is 112 Å². The van der Waals surface area contributed by atoms with Crippen molar-refractivity contribution in [3.8, 4) is 33.8 Å². The van der Waals surface area contributed by atoms with E-state index < -0.39 is 31.4 Å². The molecule has 4 heterocycles. The summed E-state index contributed by atoms with van der Waals surface area (Å²) in [5.74, 6) is -2.92. The number of aromatic nitrogens is 3. The van der Waals surface area contributed by atoms with Crippen molar-refractivity contribution in [3.05, 3.63) is 137 Å². The van der Waals surface area contributed by atoms with Gasteiger partial charge in [-0.05, 0) is 95.6 Å².